The number of aromatic nitrogens is 1. The second-order valence-electron chi connectivity index (χ2n) is 5.95. The molecule has 7 nitrogen and oxygen atoms in total. The molecule has 1 aliphatic rings. The van der Waals surface area contributed by atoms with Crippen LogP contribution < -0.4 is 10.2 Å². The molecule has 1 saturated heterocycles. The molecule has 3 rings (SSSR count). The van der Waals surface area contributed by atoms with Crippen LogP contribution in [0.1, 0.15) is 16.1 Å². The molecule has 8 heteroatoms. The number of rotatable bonds is 5. The molecule has 2 N–H and O–H groups in total. The van der Waals surface area contributed by atoms with Crippen LogP contribution in [0.4, 0.5) is 0 Å². The Kier molecular flexibility index (Phi) is 5.83. The fraction of sp³-hybridized carbons (Fsp3) is 0.353. The highest BCUT2D eigenvalue weighted by Crippen LogP contribution is 2.13. The minimum atomic E-state index is -0.388. The molecule has 0 unspecified atom stereocenters. The van der Waals surface area contributed by atoms with Gasteiger partial charge in [0.15, 0.2) is 10.4 Å². The van der Waals surface area contributed by atoms with Crippen molar-refractivity contribution in [3.05, 3.63) is 52.7 Å². The van der Waals surface area contributed by atoms with E-state index in [-0.39, 0.29) is 24.1 Å². The largest absolute Gasteiger partial charge is 0.444 e. The van der Waals surface area contributed by atoms with E-state index in [9.17, 15) is 9.59 Å². The first kappa shape index (κ1) is 17.6. The van der Waals surface area contributed by atoms with Gasteiger partial charge in [-0.2, -0.15) is 0 Å². The van der Waals surface area contributed by atoms with Crippen LogP contribution in [0.3, 0.4) is 0 Å². The molecule has 1 fully saturated rings. The number of quaternary nitrogens is 1. The van der Waals surface area contributed by atoms with E-state index in [0.717, 1.165) is 19.6 Å². The van der Waals surface area contributed by atoms with E-state index in [4.69, 9.17) is 4.42 Å². The van der Waals surface area contributed by atoms with Crippen molar-refractivity contribution in [3.63, 3.8) is 0 Å². The third kappa shape index (κ3) is 4.90. The van der Waals surface area contributed by atoms with E-state index in [1.807, 2.05) is 12.1 Å². The number of hydrogen-bond donors (Lipinski definition) is 2. The van der Waals surface area contributed by atoms with Crippen molar-refractivity contribution >= 4 is 27.7 Å². The lowest BCUT2D eigenvalue weighted by Crippen LogP contribution is -3.13. The van der Waals surface area contributed by atoms with Gasteiger partial charge in [-0.15, -0.1) is 0 Å². The number of nitrogens with zero attached hydrogens (tertiary/aromatic N) is 2. The molecule has 0 atom stereocenters. The lowest BCUT2D eigenvalue weighted by Gasteiger charge is -2.32. The normalized spacial score (nSPS) is 15.2. The Bertz CT molecular complexity index is 727. The van der Waals surface area contributed by atoms with Gasteiger partial charge in [-0.3, -0.25) is 14.6 Å². The number of piperazine rings is 1. The fourth-order valence-corrected chi connectivity index (χ4v) is 3.14. The van der Waals surface area contributed by atoms with Crippen LogP contribution in [0.2, 0.25) is 0 Å². The molecule has 0 saturated carbocycles. The number of halogens is 1. The van der Waals surface area contributed by atoms with E-state index in [1.54, 1.807) is 29.4 Å². The SMILES string of the molecule is O=C(NCC(=O)N1CC[NH+](Cc2ccncc2)CC1)c1ccc(Br)o1. The molecular weight excluding hydrogens is 388 g/mol. The second-order valence-corrected chi connectivity index (χ2v) is 6.73. The van der Waals surface area contributed by atoms with E-state index >= 15 is 0 Å². The quantitative estimate of drug-likeness (QED) is 0.736. The van der Waals surface area contributed by atoms with Crippen molar-refractivity contribution in [2.75, 3.05) is 32.7 Å². The van der Waals surface area contributed by atoms with Gasteiger partial charge in [-0.05, 0) is 40.2 Å². The zero-order chi connectivity index (χ0) is 17.6. The summed E-state index contributed by atoms with van der Waals surface area (Å²) in [4.78, 5) is 31.4. The molecule has 3 heterocycles. The van der Waals surface area contributed by atoms with Crippen molar-refractivity contribution < 1.29 is 18.9 Å². The highest BCUT2D eigenvalue weighted by molar-refractivity contribution is 9.10. The Labute approximate surface area is 154 Å². The summed E-state index contributed by atoms with van der Waals surface area (Å²) in [5, 5.41) is 2.60. The average Bonchev–Trinajstić information content (AvgIpc) is 3.07. The van der Waals surface area contributed by atoms with Crippen LogP contribution >= 0.6 is 15.9 Å². The molecule has 0 aliphatic carbocycles. The third-order valence-corrected chi connectivity index (χ3v) is 4.65. The Balaban J connectivity index is 1.41. The topological polar surface area (TPSA) is 79.9 Å². The second kappa shape index (κ2) is 8.26. The summed E-state index contributed by atoms with van der Waals surface area (Å²) in [6, 6.07) is 7.24. The molecule has 0 aromatic carbocycles. The average molecular weight is 408 g/mol. The summed E-state index contributed by atoms with van der Waals surface area (Å²) < 4.78 is 5.65. The number of pyridine rings is 1. The molecule has 2 aromatic heterocycles. The standard InChI is InChI=1S/C17H19BrN4O3/c18-15-2-1-14(25-15)17(24)20-11-16(23)22-9-7-21(8-10-22)12-13-3-5-19-6-4-13/h1-6H,7-12H2,(H,20,24)/p+1. The molecule has 0 spiro atoms. The molecular formula is C17H20BrN4O3+. The van der Waals surface area contributed by atoms with Crippen LogP contribution in [-0.4, -0.2) is 54.4 Å². The minimum Gasteiger partial charge on any atom is -0.444 e. The summed E-state index contributed by atoms with van der Waals surface area (Å²) in [7, 11) is 0. The van der Waals surface area contributed by atoms with Gasteiger partial charge in [0, 0.05) is 18.0 Å². The smallest absolute Gasteiger partial charge is 0.287 e. The van der Waals surface area contributed by atoms with Crippen LogP contribution in [0, 0.1) is 0 Å². The summed E-state index contributed by atoms with van der Waals surface area (Å²) in [6.45, 7) is 4.11. The van der Waals surface area contributed by atoms with Gasteiger partial charge < -0.3 is 19.5 Å². The maximum atomic E-state index is 12.3. The maximum Gasteiger partial charge on any atom is 0.287 e. The minimum absolute atomic E-state index is 0.0170. The molecule has 0 bridgehead atoms. The van der Waals surface area contributed by atoms with Crippen LogP contribution in [-0.2, 0) is 11.3 Å². The summed E-state index contributed by atoms with van der Waals surface area (Å²) >= 11 is 3.14. The van der Waals surface area contributed by atoms with Crippen LogP contribution in [0.25, 0.3) is 0 Å². The van der Waals surface area contributed by atoms with Crippen molar-refractivity contribution in [1.82, 2.24) is 15.2 Å². The zero-order valence-corrected chi connectivity index (χ0v) is 15.3. The van der Waals surface area contributed by atoms with E-state index in [2.05, 4.69) is 26.2 Å². The summed E-state index contributed by atoms with van der Waals surface area (Å²) in [5.41, 5.74) is 1.25. The van der Waals surface area contributed by atoms with Gasteiger partial charge in [-0.25, -0.2) is 0 Å². The van der Waals surface area contributed by atoms with Gasteiger partial charge in [0.05, 0.1) is 32.7 Å². The highest BCUT2D eigenvalue weighted by atomic mass is 79.9. The first-order chi connectivity index (χ1) is 12.1. The Hall–Kier alpha value is -2.19. The first-order valence-electron chi connectivity index (χ1n) is 8.15. The molecule has 1 aliphatic heterocycles. The van der Waals surface area contributed by atoms with Crippen molar-refractivity contribution in [2.45, 2.75) is 6.54 Å². The molecule has 132 valence electrons. The van der Waals surface area contributed by atoms with Gasteiger partial charge in [0.25, 0.3) is 5.91 Å². The number of hydrogen-bond acceptors (Lipinski definition) is 4. The number of furan rings is 1. The molecule has 0 radical (unpaired) electrons. The van der Waals surface area contributed by atoms with Crippen LogP contribution in [0.5, 0.6) is 0 Å². The third-order valence-electron chi connectivity index (χ3n) is 4.22. The number of carbonyl (C=O) groups is 2. The van der Waals surface area contributed by atoms with Crippen molar-refractivity contribution in [1.29, 1.82) is 0 Å². The van der Waals surface area contributed by atoms with E-state index < -0.39 is 0 Å². The van der Waals surface area contributed by atoms with Gasteiger partial charge in [0.1, 0.15) is 6.54 Å². The first-order valence-corrected chi connectivity index (χ1v) is 8.95. The Morgan fingerprint density at radius 3 is 2.56 bits per heavy atom. The molecule has 2 amide bonds. The Morgan fingerprint density at radius 1 is 1.20 bits per heavy atom. The number of nitrogens with one attached hydrogen (secondary N) is 2. The zero-order valence-electron chi connectivity index (χ0n) is 13.7. The number of amides is 2. The van der Waals surface area contributed by atoms with Crippen molar-refractivity contribution in [3.8, 4) is 0 Å². The predicted molar refractivity (Wildman–Crippen MR) is 94.0 cm³/mol. The lowest BCUT2D eigenvalue weighted by atomic mass is 10.2. The van der Waals surface area contributed by atoms with Crippen LogP contribution in [0.15, 0.2) is 45.7 Å². The van der Waals surface area contributed by atoms with Crippen molar-refractivity contribution in [2.24, 2.45) is 0 Å². The summed E-state index contributed by atoms with van der Waals surface area (Å²) in [5.74, 6) is -0.269. The molecule has 2 aromatic rings. The maximum absolute atomic E-state index is 12.3. The van der Waals surface area contributed by atoms with Gasteiger partial charge >= 0.3 is 0 Å². The lowest BCUT2D eigenvalue weighted by molar-refractivity contribution is -0.917. The number of carbonyl (C=O) groups excluding carboxylic acids is 2. The predicted octanol–water partition coefficient (Wildman–Crippen LogP) is 0.0942. The van der Waals surface area contributed by atoms with Gasteiger partial charge in [0.2, 0.25) is 5.91 Å². The highest BCUT2D eigenvalue weighted by Gasteiger charge is 2.24. The molecule has 25 heavy (non-hydrogen) atoms. The Morgan fingerprint density at radius 2 is 1.92 bits per heavy atom. The monoisotopic (exact) mass is 407 g/mol. The van der Waals surface area contributed by atoms with Gasteiger partial charge in [-0.1, -0.05) is 0 Å². The summed E-state index contributed by atoms with van der Waals surface area (Å²) in [6.07, 6.45) is 3.60. The van der Waals surface area contributed by atoms with E-state index in [0.29, 0.717) is 17.8 Å². The fourth-order valence-electron chi connectivity index (χ4n) is 2.83. The van der Waals surface area contributed by atoms with E-state index in [1.165, 1.54) is 10.5 Å².